The lowest BCUT2D eigenvalue weighted by Crippen LogP contribution is -2.43. The Labute approximate surface area is 119 Å². The van der Waals surface area contributed by atoms with Crippen molar-refractivity contribution in [1.29, 1.82) is 0 Å². The summed E-state index contributed by atoms with van der Waals surface area (Å²) in [5, 5.41) is 0. The first-order chi connectivity index (χ1) is 8.95. The van der Waals surface area contributed by atoms with Crippen LogP contribution in [0.3, 0.4) is 0 Å². The lowest BCUT2D eigenvalue weighted by Gasteiger charge is -2.34. The van der Waals surface area contributed by atoms with Crippen molar-refractivity contribution in [2.45, 2.75) is 55.8 Å². The SMILES string of the molecule is CCN(C1CCC(N)CC1)S(=O)(=O)c1ccc(C)s1. The molecule has 6 heteroatoms. The van der Waals surface area contributed by atoms with E-state index in [2.05, 4.69) is 0 Å². The predicted molar refractivity (Wildman–Crippen MR) is 78.9 cm³/mol. The van der Waals surface area contributed by atoms with Crippen molar-refractivity contribution in [3.8, 4) is 0 Å². The van der Waals surface area contributed by atoms with E-state index in [4.69, 9.17) is 5.73 Å². The second kappa shape index (κ2) is 5.91. The summed E-state index contributed by atoms with van der Waals surface area (Å²) in [5.41, 5.74) is 5.90. The van der Waals surface area contributed by atoms with Crippen LogP contribution in [0.1, 0.15) is 37.5 Å². The topological polar surface area (TPSA) is 63.4 Å². The third-order valence-corrected chi connectivity index (χ3v) is 7.23. The average molecular weight is 302 g/mol. The summed E-state index contributed by atoms with van der Waals surface area (Å²) in [6.45, 7) is 4.37. The Morgan fingerprint density at radius 3 is 2.42 bits per heavy atom. The van der Waals surface area contributed by atoms with E-state index in [1.807, 2.05) is 19.9 Å². The molecule has 1 aromatic rings. The minimum atomic E-state index is -3.34. The maximum atomic E-state index is 12.7. The molecule has 1 heterocycles. The summed E-state index contributed by atoms with van der Waals surface area (Å²) in [4.78, 5) is 1.03. The fourth-order valence-electron chi connectivity index (χ4n) is 2.68. The highest BCUT2D eigenvalue weighted by Crippen LogP contribution is 2.30. The smallest absolute Gasteiger partial charge is 0.252 e. The zero-order valence-corrected chi connectivity index (χ0v) is 13.1. The number of sulfonamides is 1. The van der Waals surface area contributed by atoms with Crippen LogP contribution in [0.5, 0.6) is 0 Å². The first kappa shape index (κ1) is 15.0. The molecule has 0 radical (unpaired) electrons. The Balaban J connectivity index is 2.21. The molecule has 0 spiro atoms. The summed E-state index contributed by atoms with van der Waals surface area (Å²) in [6, 6.07) is 3.92. The van der Waals surface area contributed by atoms with Crippen LogP contribution >= 0.6 is 11.3 Å². The van der Waals surface area contributed by atoms with Crippen LogP contribution in [0, 0.1) is 6.92 Å². The number of aryl methyl sites for hydroxylation is 1. The summed E-state index contributed by atoms with van der Waals surface area (Å²) >= 11 is 1.35. The Morgan fingerprint density at radius 1 is 1.32 bits per heavy atom. The summed E-state index contributed by atoms with van der Waals surface area (Å²) in [7, 11) is -3.34. The van der Waals surface area contributed by atoms with E-state index in [0.717, 1.165) is 30.6 Å². The fraction of sp³-hybridized carbons (Fsp3) is 0.692. The first-order valence-electron chi connectivity index (χ1n) is 6.79. The second-order valence-corrected chi connectivity index (χ2v) is 8.55. The molecule has 1 fully saturated rings. The molecular weight excluding hydrogens is 280 g/mol. The Hall–Kier alpha value is -0.430. The van der Waals surface area contributed by atoms with Crippen LogP contribution in [-0.4, -0.2) is 31.4 Å². The van der Waals surface area contributed by atoms with Crippen molar-refractivity contribution < 1.29 is 8.42 Å². The highest BCUT2D eigenvalue weighted by molar-refractivity contribution is 7.91. The summed E-state index contributed by atoms with van der Waals surface area (Å²) in [5.74, 6) is 0. The van der Waals surface area contributed by atoms with Gasteiger partial charge in [-0.25, -0.2) is 8.42 Å². The molecule has 0 bridgehead atoms. The van der Waals surface area contributed by atoms with Crippen molar-refractivity contribution in [2.75, 3.05) is 6.54 Å². The van der Waals surface area contributed by atoms with E-state index >= 15 is 0 Å². The number of thiophene rings is 1. The molecule has 4 nitrogen and oxygen atoms in total. The van der Waals surface area contributed by atoms with Gasteiger partial charge in [0, 0.05) is 23.5 Å². The standard InChI is InChI=1S/C13H22N2O2S2/c1-3-15(12-7-5-11(14)6-8-12)19(16,17)13-9-4-10(2)18-13/h4,9,11-12H,3,5-8,14H2,1-2H3. The van der Waals surface area contributed by atoms with Gasteiger partial charge in [0.25, 0.3) is 10.0 Å². The van der Waals surface area contributed by atoms with Gasteiger partial charge >= 0.3 is 0 Å². The van der Waals surface area contributed by atoms with E-state index in [1.165, 1.54) is 11.3 Å². The van der Waals surface area contributed by atoms with Gasteiger partial charge in [-0.2, -0.15) is 4.31 Å². The van der Waals surface area contributed by atoms with E-state index in [0.29, 0.717) is 10.8 Å². The number of rotatable bonds is 4. The van der Waals surface area contributed by atoms with Gasteiger partial charge in [-0.3, -0.25) is 0 Å². The van der Waals surface area contributed by atoms with Crippen LogP contribution in [0.25, 0.3) is 0 Å². The zero-order chi connectivity index (χ0) is 14.0. The van der Waals surface area contributed by atoms with Gasteiger partial charge in [-0.15, -0.1) is 11.3 Å². The molecule has 0 aromatic carbocycles. The molecule has 0 saturated heterocycles. The molecule has 0 unspecified atom stereocenters. The Bertz CT molecular complexity index is 517. The van der Waals surface area contributed by atoms with E-state index in [1.54, 1.807) is 10.4 Å². The van der Waals surface area contributed by atoms with E-state index < -0.39 is 10.0 Å². The monoisotopic (exact) mass is 302 g/mol. The van der Waals surface area contributed by atoms with E-state index in [-0.39, 0.29) is 12.1 Å². The van der Waals surface area contributed by atoms with Crippen molar-refractivity contribution >= 4 is 21.4 Å². The summed E-state index contributed by atoms with van der Waals surface area (Å²) in [6.07, 6.45) is 3.58. The Kier molecular flexibility index (Phi) is 4.66. The third kappa shape index (κ3) is 3.18. The molecule has 2 N–H and O–H groups in total. The quantitative estimate of drug-likeness (QED) is 0.928. The van der Waals surface area contributed by atoms with Crippen LogP contribution in [0.4, 0.5) is 0 Å². The van der Waals surface area contributed by atoms with Crippen molar-refractivity contribution in [2.24, 2.45) is 5.73 Å². The first-order valence-corrected chi connectivity index (χ1v) is 9.04. The summed E-state index contributed by atoms with van der Waals surface area (Å²) < 4.78 is 27.4. The number of hydrogen-bond acceptors (Lipinski definition) is 4. The third-order valence-electron chi connectivity index (χ3n) is 3.74. The molecule has 1 aromatic heterocycles. The molecule has 1 aliphatic carbocycles. The van der Waals surface area contributed by atoms with Gasteiger partial charge in [0.05, 0.1) is 0 Å². The zero-order valence-electron chi connectivity index (χ0n) is 11.5. The van der Waals surface area contributed by atoms with Gasteiger partial charge in [0.1, 0.15) is 4.21 Å². The van der Waals surface area contributed by atoms with Gasteiger partial charge in [-0.1, -0.05) is 6.92 Å². The number of nitrogens with zero attached hydrogens (tertiary/aromatic N) is 1. The molecule has 1 aliphatic rings. The average Bonchev–Trinajstić information content (AvgIpc) is 2.80. The van der Waals surface area contributed by atoms with Crippen LogP contribution in [0.2, 0.25) is 0 Å². The normalized spacial score (nSPS) is 24.8. The van der Waals surface area contributed by atoms with Gasteiger partial charge in [-0.05, 0) is 44.7 Å². The maximum absolute atomic E-state index is 12.7. The Morgan fingerprint density at radius 2 is 1.95 bits per heavy atom. The molecule has 1 saturated carbocycles. The largest absolute Gasteiger partial charge is 0.328 e. The highest BCUT2D eigenvalue weighted by atomic mass is 32.2. The van der Waals surface area contributed by atoms with Crippen molar-refractivity contribution in [1.82, 2.24) is 4.31 Å². The lowest BCUT2D eigenvalue weighted by molar-refractivity contribution is 0.247. The maximum Gasteiger partial charge on any atom is 0.252 e. The molecule has 0 amide bonds. The van der Waals surface area contributed by atoms with Gasteiger partial charge < -0.3 is 5.73 Å². The van der Waals surface area contributed by atoms with Crippen molar-refractivity contribution in [3.05, 3.63) is 17.0 Å². The van der Waals surface area contributed by atoms with Crippen LogP contribution in [-0.2, 0) is 10.0 Å². The molecule has 108 valence electrons. The van der Waals surface area contributed by atoms with Crippen LogP contribution < -0.4 is 5.73 Å². The minimum absolute atomic E-state index is 0.109. The lowest BCUT2D eigenvalue weighted by atomic mass is 9.92. The predicted octanol–water partition coefficient (Wildman–Crippen LogP) is 2.34. The van der Waals surface area contributed by atoms with Gasteiger partial charge in [0.2, 0.25) is 0 Å². The highest BCUT2D eigenvalue weighted by Gasteiger charge is 2.33. The molecule has 0 aliphatic heterocycles. The van der Waals surface area contributed by atoms with Gasteiger partial charge in [0.15, 0.2) is 0 Å². The molecule has 2 rings (SSSR count). The van der Waals surface area contributed by atoms with E-state index in [9.17, 15) is 8.42 Å². The molecule has 0 atom stereocenters. The van der Waals surface area contributed by atoms with Crippen LogP contribution in [0.15, 0.2) is 16.3 Å². The molecular formula is C13H22N2O2S2. The minimum Gasteiger partial charge on any atom is -0.328 e. The number of hydrogen-bond donors (Lipinski definition) is 1. The second-order valence-electron chi connectivity index (χ2n) is 5.14. The van der Waals surface area contributed by atoms with Crippen molar-refractivity contribution in [3.63, 3.8) is 0 Å². The fourth-order valence-corrected chi connectivity index (χ4v) is 5.79. The molecule has 19 heavy (non-hydrogen) atoms. The number of nitrogens with two attached hydrogens (primary N) is 1.